The SMILES string of the molecule is CCCN1CCC(NC(=O)c2c(N)c(C)nn2CC)CC1. The number of carbonyl (C=O) groups is 1. The molecule has 2 rings (SSSR count). The molecule has 0 aromatic carbocycles. The summed E-state index contributed by atoms with van der Waals surface area (Å²) in [5.41, 5.74) is 7.72. The van der Waals surface area contributed by atoms with Gasteiger partial charge in [0.25, 0.3) is 5.91 Å². The summed E-state index contributed by atoms with van der Waals surface area (Å²) in [7, 11) is 0. The first kappa shape index (κ1) is 15.8. The third-order valence-corrected chi connectivity index (χ3v) is 4.15. The van der Waals surface area contributed by atoms with Crippen molar-refractivity contribution in [2.45, 2.75) is 52.6 Å². The number of carbonyl (C=O) groups excluding carboxylic acids is 1. The summed E-state index contributed by atoms with van der Waals surface area (Å²) in [4.78, 5) is 14.9. The van der Waals surface area contributed by atoms with Crippen LogP contribution in [0.5, 0.6) is 0 Å². The summed E-state index contributed by atoms with van der Waals surface area (Å²) in [6.45, 7) is 9.91. The highest BCUT2D eigenvalue weighted by molar-refractivity contribution is 5.98. The molecule has 6 heteroatoms. The van der Waals surface area contributed by atoms with Crippen molar-refractivity contribution in [2.24, 2.45) is 0 Å². The van der Waals surface area contributed by atoms with Crippen molar-refractivity contribution in [1.82, 2.24) is 20.0 Å². The van der Waals surface area contributed by atoms with E-state index in [0.717, 1.165) is 38.2 Å². The molecule has 21 heavy (non-hydrogen) atoms. The lowest BCUT2D eigenvalue weighted by Gasteiger charge is -2.32. The van der Waals surface area contributed by atoms with Gasteiger partial charge in [0, 0.05) is 25.7 Å². The number of hydrogen-bond donors (Lipinski definition) is 2. The van der Waals surface area contributed by atoms with Gasteiger partial charge in [-0.15, -0.1) is 0 Å². The summed E-state index contributed by atoms with van der Waals surface area (Å²) >= 11 is 0. The molecule has 1 aliphatic rings. The molecule has 1 saturated heterocycles. The molecular formula is C15H27N5O. The van der Waals surface area contributed by atoms with Crippen molar-refractivity contribution >= 4 is 11.6 Å². The van der Waals surface area contributed by atoms with Crippen LogP contribution in [0.1, 0.15) is 49.3 Å². The van der Waals surface area contributed by atoms with Gasteiger partial charge in [-0.05, 0) is 39.7 Å². The van der Waals surface area contributed by atoms with Crippen LogP contribution in [0.15, 0.2) is 0 Å². The van der Waals surface area contributed by atoms with E-state index >= 15 is 0 Å². The van der Waals surface area contributed by atoms with Crippen LogP contribution in [-0.4, -0.2) is 46.3 Å². The number of aryl methyl sites for hydroxylation is 2. The number of anilines is 1. The second kappa shape index (κ2) is 6.93. The van der Waals surface area contributed by atoms with Crippen LogP contribution < -0.4 is 11.1 Å². The van der Waals surface area contributed by atoms with Crippen molar-refractivity contribution in [3.05, 3.63) is 11.4 Å². The number of nitrogens with two attached hydrogens (primary N) is 1. The monoisotopic (exact) mass is 293 g/mol. The number of hydrogen-bond acceptors (Lipinski definition) is 4. The Bertz CT molecular complexity index is 488. The number of rotatable bonds is 5. The first-order valence-electron chi connectivity index (χ1n) is 7.92. The number of aromatic nitrogens is 2. The topological polar surface area (TPSA) is 76.2 Å². The maximum Gasteiger partial charge on any atom is 0.271 e. The fourth-order valence-corrected chi connectivity index (χ4v) is 2.93. The molecule has 2 heterocycles. The molecule has 0 aliphatic carbocycles. The molecule has 6 nitrogen and oxygen atoms in total. The molecular weight excluding hydrogens is 266 g/mol. The third kappa shape index (κ3) is 3.56. The van der Waals surface area contributed by atoms with Crippen molar-refractivity contribution < 1.29 is 4.79 Å². The van der Waals surface area contributed by atoms with Crippen LogP contribution in [0, 0.1) is 6.92 Å². The number of amides is 1. The van der Waals surface area contributed by atoms with E-state index in [1.165, 1.54) is 6.42 Å². The van der Waals surface area contributed by atoms with Gasteiger partial charge < -0.3 is 16.0 Å². The van der Waals surface area contributed by atoms with Crippen molar-refractivity contribution in [1.29, 1.82) is 0 Å². The van der Waals surface area contributed by atoms with Crippen molar-refractivity contribution in [2.75, 3.05) is 25.4 Å². The molecule has 0 spiro atoms. The Balaban J connectivity index is 1.97. The minimum absolute atomic E-state index is 0.0936. The van der Waals surface area contributed by atoms with Gasteiger partial charge >= 0.3 is 0 Å². The fourth-order valence-electron chi connectivity index (χ4n) is 2.93. The molecule has 0 radical (unpaired) electrons. The van der Waals surface area contributed by atoms with Crippen LogP contribution in [-0.2, 0) is 6.54 Å². The fraction of sp³-hybridized carbons (Fsp3) is 0.733. The van der Waals surface area contributed by atoms with E-state index in [-0.39, 0.29) is 11.9 Å². The summed E-state index contributed by atoms with van der Waals surface area (Å²) in [5.74, 6) is -0.0936. The van der Waals surface area contributed by atoms with Gasteiger partial charge in [0.2, 0.25) is 0 Å². The van der Waals surface area contributed by atoms with Crippen LogP contribution in [0.4, 0.5) is 5.69 Å². The molecule has 1 aromatic heterocycles. The lowest BCUT2D eigenvalue weighted by Crippen LogP contribution is -2.45. The smallest absolute Gasteiger partial charge is 0.271 e. The number of nitrogen functional groups attached to an aromatic ring is 1. The number of likely N-dealkylation sites (tertiary alicyclic amines) is 1. The average molecular weight is 293 g/mol. The Kier molecular flexibility index (Phi) is 5.22. The lowest BCUT2D eigenvalue weighted by atomic mass is 10.0. The average Bonchev–Trinajstić information content (AvgIpc) is 2.76. The second-order valence-electron chi connectivity index (χ2n) is 5.75. The van der Waals surface area contributed by atoms with E-state index < -0.39 is 0 Å². The zero-order chi connectivity index (χ0) is 15.4. The quantitative estimate of drug-likeness (QED) is 0.860. The minimum Gasteiger partial charge on any atom is -0.395 e. The van der Waals surface area contributed by atoms with E-state index in [4.69, 9.17) is 5.73 Å². The van der Waals surface area contributed by atoms with Crippen LogP contribution >= 0.6 is 0 Å². The molecule has 0 bridgehead atoms. The first-order chi connectivity index (χ1) is 10.1. The minimum atomic E-state index is -0.0936. The largest absolute Gasteiger partial charge is 0.395 e. The maximum absolute atomic E-state index is 12.5. The molecule has 0 atom stereocenters. The predicted molar refractivity (Wildman–Crippen MR) is 84.3 cm³/mol. The molecule has 3 N–H and O–H groups in total. The van der Waals surface area contributed by atoms with Gasteiger partial charge in [0.1, 0.15) is 5.69 Å². The van der Waals surface area contributed by atoms with Crippen molar-refractivity contribution in [3.63, 3.8) is 0 Å². The van der Waals surface area contributed by atoms with Gasteiger partial charge in [-0.2, -0.15) is 5.10 Å². The van der Waals surface area contributed by atoms with Gasteiger partial charge in [-0.25, -0.2) is 0 Å². The molecule has 1 fully saturated rings. The van der Waals surface area contributed by atoms with E-state index in [2.05, 4.69) is 22.2 Å². The summed E-state index contributed by atoms with van der Waals surface area (Å²) < 4.78 is 1.69. The van der Waals surface area contributed by atoms with E-state index in [0.29, 0.717) is 17.9 Å². The standard InChI is InChI=1S/C15H27N5O/c1-4-8-19-9-6-12(7-10-19)17-15(21)14-13(16)11(3)18-20(14)5-2/h12H,4-10,16H2,1-3H3,(H,17,21). The predicted octanol–water partition coefficient (Wildman–Crippen LogP) is 1.40. The zero-order valence-electron chi connectivity index (χ0n) is 13.4. The number of nitrogens with one attached hydrogen (secondary N) is 1. The maximum atomic E-state index is 12.5. The highest BCUT2D eigenvalue weighted by atomic mass is 16.2. The van der Waals surface area contributed by atoms with Gasteiger partial charge in [-0.3, -0.25) is 9.48 Å². The van der Waals surface area contributed by atoms with Crippen LogP contribution in [0.3, 0.4) is 0 Å². The lowest BCUT2D eigenvalue weighted by molar-refractivity contribution is 0.0901. The first-order valence-corrected chi connectivity index (χ1v) is 7.92. The number of piperidine rings is 1. The molecule has 0 unspecified atom stereocenters. The van der Waals surface area contributed by atoms with E-state index in [1.807, 2.05) is 13.8 Å². The summed E-state index contributed by atoms with van der Waals surface area (Å²) in [5, 5.41) is 7.42. The number of nitrogens with zero attached hydrogens (tertiary/aromatic N) is 3. The Labute approximate surface area is 126 Å². The Hall–Kier alpha value is -1.56. The van der Waals surface area contributed by atoms with E-state index in [1.54, 1.807) is 4.68 Å². The van der Waals surface area contributed by atoms with Gasteiger partial charge in [0.05, 0.1) is 11.4 Å². The Morgan fingerprint density at radius 2 is 2.05 bits per heavy atom. The zero-order valence-corrected chi connectivity index (χ0v) is 13.4. The molecule has 1 aliphatic heterocycles. The highest BCUT2D eigenvalue weighted by Gasteiger charge is 2.24. The third-order valence-electron chi connectivity index (χ3n) is 4.15. The highest BCUT2D eigenvalue weighted by Crippen LogP contribution is 2.18. The Morgan fingerprint density at radius 1 is 1.38 bits per heavy atom. The Morgan fingerprint density at radius 3 is 2.62 bits per heavy atom. The molecule has 0 saturated carbocycles. The van der Waals surface area contributed by atoms with Gasteiger partial charge in [0.15, 0.2) is 0 Å². The summed E-state index contributed by atoms with van der Waals surface area (Å²) in [6.07, 6.45) is 3.19. The molecule has 118 valence electrons. The molecule has 1 amide bonds. The van der Waals surface area contributed by atoms with Crippen LogP contribution in [0.25, 0.3) is 0 Å². The second-order valence-corrected chi connectivity index (χ2v) is 5.75. The normalized spacial score (nSPS) is 17.1. The summed E-state index contributed by atoms with van der Waals surface area (Å²) in [6, 6.07) is 0.241. The molecule has 1 aromatic rings. The van der Waals surface area contributed by atoms with Gasteiger partial charge in [-0.1, -0.05) is 6.92 Å². The van der Waals surface area contributed by atoms with Crippen LogP contribution in [0.2, 0.25) is 0 Å². The van der Waals surface area contributed by atoms with E-state index in [9.17, 15) is 4.79 Å². The van der Waals surface area contributed by atoms with Crippen molar-refractivity contribution in [3.8, 4) is 0 Å².